The van der Waals surface area contributed by atoms with E-state index in [0.29, 0.717) is 5.69 Å². The van der Waals surface area contributed by atoms with E-state index in [9.17, 15) is 9.18 Å². The van der Waals surface area contributed by atoms with Crippen molar-refractivity contribution in [2.75, 3.05) is 0 Å². The lowest BCUT2D eigenvalue weighted by atomic mass is 10.2. The van der Waals surface area contributed by atoms with E-state index in [-0.39, 0.29) is 15.9 Å². The average Bonchev–Trinajstić information content (AvgIpc) is 2.29. The minimum Gasteiger partial charge on any atom is -0.299 e. The predicted molar refractivity (Wildman–Crippen MR) is 61.9 cm³/mol. The summed E-state index contributed by atoms with van der Waals surface area (Å²) in [6.45, 7) is 0. The smallest absolute Gasteiger partial charge is 0.251 e. The molecule has 17 heavy (non-hydrogen) atoms. The molecule has 2 aromatic rings. The van der Waals surface area contributed by atoms with Gasteiger partial charge in [-0.2, -0.15) is 5.26 Å². The second kappa shape index (κ2) is 4.31. The van der Waals surface area contributed by atoms with Crippen molar-refractivity contribution in [3.63, 3.8) is 0 Å². The topological polar surface area (TPSA) is 61.6 Å². The summed E-state index contributed by atoms with van der Waals surface area (Å²) in [5.41, 5.74) is -0.162. The van der Waals surface area contributed by atoms with E-state index in [0.717, 1.165) is 0 Å². The van der Waals surface area contributed by atoms with Gasteiger partial charge in [0.15, 0.2) is 4.77 Å². The van der Waals surface area contributed by atoms with Crippen LogP contribution in [0.15, 0.2) is 35.3 Å². The molecule has 1 aromatic carbocycles. The summed E-state index contributed by atoms with van der Waals surface area (Å²) in [7, 11) is 0. The van der Waals surface area contributed by atoms with E-state index < -0.39 is 5.82 Å². The lowest BCUT2D eigenvalue weighted by molar-refractivity contribution is 0.622. The molecule has 0 bridgehead atoms. The average molecular weight is 247 g/mol. The highest BCUT2D eigenvalue weighted by molar-refractivity contribution is 7.71. The molecule has 1 aromatic heterocycles. The van der Waals surface area contributed by atoms with Crippen LogP contribution in [0, 0.1) is 21.9 Å². The molecule has 1 N–H and O–H groups in total. The number of benzene rings is 1. The van der Waals surface area contributed by atoms with Crippen LogP contribution in [-0.4, -0.2) is 9.55 Å². The van der Waals surface area contributed by atoms with Crippen molar-refractivity contribution < 1.29 is 4.39 Å². The minimum absolute atomic E-state index is 0.111. The van der Waals surface area contributed by atoms with Crippen LogP contribution in [0.1, 0.15) is 5.56 Å². The quantitative estimate of drug-likeness (QED) is 0.783. The van der Waals surface area contributed by atoms with Crippen molar-refractivity contribution in [3.8, 4) is 11.8 Å². The maximum Gasteiger partial charge on any atom is 0.251 e. The Morgan fingerprint density at radius 2 is 2.18 bits per heavy atom. The van der Waals surface area contributed by atoms with E-state index in [1.54, 1.807) is 12.1 Å². The number of hydrogen-bond donors (Lipinski definition) is 1. The van der Waals surface area contributed by atoms with Crippen molar-refractivity contribution in [1.29, 1.82) is 5.26 Å². The molecule has 2 rings (SSSR count). The van der Waals surface area contributed by atoms with Gasteiger partial charge in [0.05, 0.1) is 5.69 Å². The number of aromatic nitrogens is 2. The van der Waals surface area contributed by atoms with Gasteiger partial charge in [-0.25, -0.2) is 4.39 Å². The van der Waals surface area contributed by atoms with Crippen LogP contribution in [0.2, 0.25) is 0 Å². The summed E-state index contributed by atoms with van der Waals surface area (Å²) >= 11 is 4.95. The Morgan fingerprint density at radius 3 is 2.82 bits per heavy atom. The number of H-pyrrole nitrogens is 1. The first-order chi connectivity index (χ1) is 8.13. The van der Waals surface area contributed by atoms with Gasteiger partial charge in [-0.15, -0.1) is 0 Å². The Bertz CT molecular complexity index is 726. The molecule has 0 amide bonds. The van der Waals surface area contributed by atoms with E-state index >= 15 is 0 Å². The summed E-state index contributed by atoms with van der Waals surface area (Å²) in [6.07, 6.45) is 1.40. The zero-order chi connectivity index (χ0) is 12.4. The molecule has 0 atom stereocenters. The molecule has 0 aliphatic heterocycles. The number of nitrogens with one attached hydrogen (secondary N) is 1. The van der Waals surface area contributed by atoms with Crippen molar-refractivity contribution in [1.82, 2.24) is 9.55 Å². The van der Waals surface area contributed by atoms with Gasteiger partial charge in [0.25, 0.3) is 5.56 Å². The van der Waals surface area contributed by atoms with E-state index in [1.165, 1.54) is 29.0 Å². The Labute approximate surface area is 101 Å². The van der Waals surface area contributed by atoms with Crippen LogP contribution >= 0.6 is 12.2 Å². The minimum atomic E-state index is -0.627. The molecule has 84 valence electrons. The number of hydrogen-bond acceptors (Lipinski definition) is 3. The Kier molecular flexibility index (Phi) is 2.85. The molecule has 0 spiro atoms. The van der Waals surface area contributed by atoms with Gasteiger partial charge in [0.2, 0.25) is 0 Å². The Hall–Kier alpha value is -2.26. The summed E-state index contributed by atoms with van der Waals surface area (Å²) in [5, 5.41) is 8.90. The largest absolute Gasteiger partial charge is 0.299 e. The van der Waals surface area contributed by atoms with Gasteiger partial charge >= 0.3 is 0 Å². The molecule has 0 aliphatic carbocycles. The summed E-state index contributed by atoms with van der Waals surface area (Å²) in [6, 6.07) is 7.24. The molecule has 0 fully saturated rings. The normalized spacial score (nSPS) is 9.88. The second-order valence-electron chi connectivity index (χ2n) is 3.23. The fourth-order valence-corrected chi connectivity index (χ4v) is 1.69. The van der Waals surface area contributed by atoms with Crippen LogP contribution in [-0.2, 0) is 0 Å². The lowest BCUT2D eigenvalue weighted by Crippen LogP contribution is -2.11. The first kappa shape index (κ1) is 11.2. The molecule has 6 heteroatoms. The molecule has 1 heterocycles. The summed E-state index contributed by atoms with van der Waals surface area (Å²) in [5.74, 6) is -0.627. The van der Waals surface area contributed by atoms with Gasteiger partial charge in [0, 0.05) is 12.3 Å². The predicted octanol–water partition coefficient (Wildman–Crippen LogP) is 1.91. The fourth-order valence-electron chi connectivity index (χ4n) is 1.43. The van der Waals surface area contributed by atoms with Crippen LogP contribution in [0.5, 0.6) is 0 Å². The Morgan fingerprint density at radius 1 is 1.41 bits per heavy atom. The zero-order valence-electron chi connectivity index (χ0n) is 8.48. The highest BCUT2D eigenvalue weighted by Crippen LogP contribution is 2.16. The van der Waals surface area contributed by atoms with E-state index in [2.05, 4.69) is 4.98 Å². The van der Waals surface area contributed by atoms with Crippen molar-refractivity contribution in [2.24, 2.45) is 0 Å². The maximum absolute atomic E-state index is 13.4. The summed E-state index contributed by atoms with van der Waals surface area (Å²) < 4.78 is 14.9. The molecule has 0 aliphatic rings. The van der Waals surface area contributed by atoms with Gasteiger partial charge in [-0.1, -0.05) is 6.07 Å². The molecule has 4 nitrogen and oxygen atoms in total. The highest BCUT2D eigenvalue weighted by Gasteiger charge is 2.09. The van der Waals surface area contributed by atoms with Crippen molar-refractivity contribution in [3.05, 3.63) is 57.0 Å². The highest BCUT2D eigenvalue weighted by atomic mass is 32.1. The standard InChI is InChI=1S/C11H6FN3OS/c12-8-2-1-3-9(7(8)6-13)15-5-4-10(16)14-11(15)17/h1-5H,(H,14,16,17). The first-order valence-corrected chi connectivity index (χ1v) is 5.05. The van der Waals surface area contributed by atoms with Crippen LogP contribution in [0.3, 0.4) is 0 Å². The number of nitriles is 1. The number of nitrogens with zero attached hydrogens (tertiary/aromatic N) is 2. The molecule has 0 radical (unpaired) electrons. The van der Waals surface area contributed by atoms with E-state index in [4.69, 9.17) is 17.5 Å². The molecular weight excluding hydrogens is 241 g/mol. The van der Waals surface area contributed by atoms with Gasteiger partial charge in [-0.3, -0.25) is 14.3 Å². The van der Waals surface area contributed by atoms with Crippen LogP contribution in [0.4, 0.5) is 4.39 Å². The molecule has 0 saturated heterocycles. The van der Waals surface area contributed by atoms with Gasteiger partial charge in [-0.05, 0) is 24.4 Å². The number of rotatable bonds is 1. The third-order valence-corrected chi connectivity index (χ3v) is 2.49. The van der Waals surface area contributed by atoms with Gasteiger partial charge in [0.1, 0.15) is 17.4 Å². The zero-order valence-corrected chi connectivity index (χ0v) is 9.29. The second-order valence-corrected chi connectivity index (χ2v) is 3.61. The lowest BCUT2D eigenvalue weighted by Gasteiger charge is -2.08. The first-order valence-electron chi connectivity index (χ1n) is 4.64. The van der Waals surface area contributed by atoms with Gasteiger partial charge < -0.3 is 0 Å². The monoisotopic (exact) mass is 247 g/mol. The Balaban J connectivity index is 2.78. The fraction of sp³-hybridized carbons (Fsp3) is 0. The van der Waals surface area contributed by atoms with Crippen LogP contribution in [0.25, 0.3) is 5.69 Å². The third-order valence-electron chi connectivity index (χ3n) is 2.19. The van der Waals surface area contributed by atoms with Crippen LogP contribution < -0.4 is 5.56 Å². The number of aromatic amines is 1. The SMILES string of the molecule is N#Cc1c(F)cccc1-n1ccc(=O)[nH]c1=S. The van der Waals surface area contributed by atoms with E-state index in [1.807, 2.05) is 0 Å². The molecular formula is C11H6FN3OS. The summed E-state index contributed by atoms with van der Waals surface area (Å²) in [4.78, 5) is 13.4. The van der Waals surface area contributed by atoms with Crippen molar-refractivity contribution in [2.45, 2.75) is 0 Å². The number of halogens is 1. The molecule has 0 saturated carbocycles. The maximum atomic E-state index is 13.4. The third kappa shape index (κ3) is 2.00. The van der Waals surface area contributed by atoms with Crippen molar-refractivity contribution >= 4 is 12.2 Å². The molecule has 0 unspecified atom stereocenters.